The predicted molar refractivity (Wildman–Crippen MR) is 116 cm³/mol. The number of nitrogens with one attached hydrogen (secondary N) is 1. The summed E-state index contributed by atoms with van der Waals surface area (Å²) in [6.45, 7) is 4.46. The van der Waals surface area contributed by atoms with Crippen LogP contribution < -0.4 is 14.8 Å². The molecule has 1 atom stereocenters. The number of nitrogens with zero attached hydrogens (tertiary/aromatic N) is 1. The fourth-order valence-corrected chi connectivity index (χ4v) is 5.23. The van der Waals surface area contributed by atoms with E-state index in [1.807, 2.05) is 32.0 Å². The Morgan fingerprint density at radius 2 is 1.80 bits per heavy atom. The highest BCUT2D eigenvalue weighted by molar-refractivity contribution is 7.89. The first kappa shape index (κ1) is 22.1. The third-order valence-corrected chi connectivity index (χ3v) is 7.25. The minimum absolute atomic E-state index is 0.121. The molecule has 0 radical (unpaired) electrons. The molecule has 1 aliphatic heterocycles. The highest BCUT2D eigenvalue weighted by Crippen LogP contribution is 2.32. The van der Waals surface area contributed by atoms with Gasteiger partial charge in [-0.05, 0) is 50.5 Å². The molecule has 1 amide bonds. The van der Waals surface area contributed by atoms with Crippen molar-refractivity contribution < 1.29 is 22.7 Å². The molecule has 1 fully saturated rings. The normalized spacial score (nSPS) is 17.4. The number of sulfonamides is 1. The minimum Gasteiger partial charge on any atom is -0.493 e. The van der Waals surface area contributed by atoms with Gasteiger partial charge in [-0.15, -0.1) is 0 Å². The molecule has 7 nitrogen and oxygen atoms in total. The smallest absolute Gasteiger partial charge is 0.243 e. The Hall–Kier alpha value is -2.58. The number of hydrogen-bond donors (Lipinski definition) is 1. The standard InChI is InChI=1S/C22H28N2O5S/c1-15-7-9-19(16(2)12-15)23-22(25)17-6-5-11-24(14-17)30(26,27)18-8-10-20(28-3)21(13-18)29-4/h7-10,12-13,17H,5-6,11,14H2,1-4H3,(H,23,25)/t17-/m1/s1. The molecular formula is C22H28N2O5S. The highest BCUT2D eigenvalue weighted by Gasteiger charge is 2.34. The molecule has 0 spiro atoms. The molecular weight excluding hydrogens is 404 g/mol. The SMILES string of the molecule is COc1ccc(S(=O)(=O)N2CCC[C@@H](C(=O)Nc3ccc(C)cc3C)C2)cc1OC. The number of benzene rings is 2. The number of piperidine rings is 1. The molecule has 1 saturated heterocycles. The summed E-state index contributed by atoms with van der Waals surface area (Å²) in [6, 6.07) is 10.3. The fourth-order valence-electron chi connectivity index (χ4n) is 3.69. The topological polar surface area (TPSA) is 84.9 Å². The van der Waals surface area contributed by atoms with E-state index in [-0.39, 0.29) is 17.3 Å². The van der Waals surface area contributed by atoms with E-state index in [4.69, 9.17) is 9.47 Å². The van der Waals surface area contributed by atoms with Gasteiger partial charge < -0.3 is 14.8 Å². The minimum atomic E-state index is -3.75. The summed E-state index contributed by atoms with van der Waals surface area (Å²) >= 11 is 0. The van der Waals surface area contributed by atoms with Crippen molar-refractivity contribution in [3.63, 3.8) is 0 Å². The number of carbonyl (C=O) groups excluding carboxylic acids is 1. The van der Waals surface area contributed by atoms with Crippen LogP contribution in [0.2, 0.25) is 0 Å². The van der Waals surface area contributed by atoms with Crippen molar-refractivity contribution in [2.75, 3.05) is 32.6 Å². The Balaban J connectivity index is 1.77. The molecule has 2 aromatic carbocycles. The van der Waals surface area contributed by atoms with E-state index in [2.05, 4.69) is 5.32 Å². The van der Waals surface area contributed by atoms with E-state index < -0.39 is 15.9 Å². The van der Waals surface area contributed by atoms with Gasteiger partial charge in [-0.25, -0.2) is 8.42 Å². The Kier molecular flexibility index (Phi) is 6.67. The Morgan fingerprint density at radius 1 is 1.07 bits per heavy atom. The van der Waals surface area contributed by atoms with Crippen LogP contribution in [0.15, 0.2) is 41.3 Å². The zero-order valence-electron chi connectivity index (χ0n) is 17.8. The lowest BCUT2D eigenvalue weighted by Crippen LogP contribution is -2.43. The number of rotatable bonds is 6. The fraction of sp³-hybridized carbons (Fsp3) is 0.409. The third kappa shape index (κ3) is 4.60. The van der Waals surface area contributed by atoms with Crippen LogP contribution in [0, 0.1) is 19.8 Å². The van der Waals surface area contributed by atoms with Gasteiger partial charge in [0.15, 0.2) is 11.5 Å². The zero-order chi connectivity index (χ0) is 21.9. The van der Waals surface area contributed by atoms with Crippen LogP contribution in [-0.4, -0.2) is 45.9 Å². The molecule has 30 heavy (non-hydrogen) atoms. The van der Waals surface area contributed by atoms with Crippen LogP contribution in [0.25, 0.3) is 0 Å². The molecule has 1 N–H and O–H groups in total. The van der Waals surface area contributed by atoms with Crippen LogP contribution >= 0.6 is 0 Å². The number of amides is 1. The summed E-state index contributed by atoms with van der Waals surface area (Å²) in [5.74, 6) is 0.240. The van der Waals surface area contributed by atoms with Gasteiger partial charge in [0.1, 0.15) is 0 Å². The first-order chi connectivity index (χ1) is 14.3. The van der Waals surface area contributed by atoms with Gasteiger partial charge in [-0.1, -0.05) is 17.7 Å². The van der Waals surface area contributed by atoms with Crippen molar-refractivity contribution >= 4 is 21.6 Å². The first-order valence-electron chi connectivity index (χ1n) is 9.86. The number of ether oxygens (including phenoxy) is 2. The van der Waals surface area contributed by atoms with Crippen LogP contribution in [0.1, 0.15) is 24.0 Å². The van der Waals surface area contributed by atoms with Crippen LogP contribution in [-0.2, 0) is 14.8 Å². The van der Waals surface area contributed by atoms with Gasteiger partial charge in [0, 0.05) is 24.8 Å². The molecule has 0 bridgehead atoms. The van der Waals surface area contributed by atoms with Crippen molar-refractivity contribution in [1.82, 2.24) is 4.31 Å². The van der Waals surface area contributed by atoms with Gasteiger partial charge in [0.25, 0.3) is 0 Å². The summed E-state index contributed by atoms with van der Waals surface area (Å²) in [5.41, 5.74) is 2.86. The number of carbonyl (C=O) groups is 1. The second kappa shape index (κ2) is 9.06. The largest absolute Gasteiger partial charge is 0.493 e. The van der Waals surface area contributed by atoms with E-state index in [0.29, 0.717) is 30.9 Å². The summed E-state index contributed by atoms with van der Waals surface area (Å²) < 4.78 is 38.1. The average Bonchev–Trinajstić information content (AvgIpc) is 2.75. The molecule has 8 heteroatoms. The van der Waals surface area contributed by atoms with Crippen molar-refractivity contribution in [1.29, 1.82) is 0 Å². The number of aryl methyl sites for hydroxylation is 2. The molecule has 162 valence electrons. The van der Waals surface area contributed by atoms with Crippen molar-refractivity contribution in [2.24, 2.45) is 5.92 Å². The lowest BCUT2D eigenvalue weighted by molar-refractivity contribution is -0.120. The Bertz CT molecular complexity index is 1040. The maximum absolute atomic E-state index is 13.2. The lowest BCUT2D eigenvalue weighted by Gasteiger charge is -2.31. The van der Waals surface area contributed by atoms with E-state index >= 15 is 0 Å². The summed E-state index contributed by atoms with van der Waals surface area (Å²) in [4.78, 5) is 12.9. The number of methoxy groups -OCH3 is 2. The van der Waals surface area contributed by atoms with E-state index in [0.717, 1.165) is 16.8 Å². The molecule has 1 heterocycles. The van der Waals surface area contributed by atoms with Crippen LogP contribution in [0.3, 0.4) is 0 Å². The summed E-state index contributed by atoms with van der Waals surface area (Å²) in [5, 5.41) is 2.96. The molecule has 2 aromatic rings. The lowest BCUT2D eigenvalue weighted by atomic mass is 9.98. The van der Waals surface area contributed by atoms with Crippen molar-refractivity contribution in [2.45, 2.75) is 31.6 Å². The van der Waals surface area contributed by atoms with Gasteiger partial charge in [0.05, 0.1) is 25.0 Å². The zero-order valence-corrected chi connectivity index (χ0v) is 18.6. The van der Waals surface area contributed by atoms with Crippen LogP contribution in [0.5, 0.6) is 11.5 Å². The molecule has 0 unspecified atom stereocenters. The van der Waals surface area contributed by atoms with Crippen molar-refractivity contribution in [3.8, 4) is 11.5 Å². The van der Waals surface area contributed by atoms with Gasteiger partial charge in [-0.3, -0.25) is 4.79 Å². The van der Waals surface area contributed by atoms with E-state index in [9.17, 15) is 13.2 Å². The average molecular weight is 433 g/mol. The quantitative estimate of drug-likeness (QED) is 0.757. The third-order valence-electron chi connectivity index (χ3n) is 5.39. The van der Waals surface area contributed by atoms with Gasteiger partial charge in [-0.2, -0.15) is 4.31 Å². The molecule has 0 aliphatic carbocycles. The molecule has 0 aromatic heterocycles. The second-order valence-corrected chi connectivity index (χ2v) is 9.46. The monoisotopic (exact) mass is 432 g/mol. The van der Waals surface area contributed by atoms with E-state index in [1.54, 1.807) is 6.07 Å². The van der Waals surface area contributed by atoms with Crippen molar-refractivity contribution in [3.05, 3.63) is 47.5 Å². The maximum Gasteiger partial charge on any atom is 0.243 e. The van der Waals surface area contributed by atoms with Gasteiger partial charge >= 0.3 is 0 Å². The predicted octanol–water partition coefficient (Wildman–Crippen LogP) is 3.36. The van der Waals surface area contributed by atoms with Crippen LogP contribution in [0.4, 0.5) is 5.69 Å². The summed E-state index contributed by atoms with van der Waals surface area (Å²) in [6.07, 6.45) is 1.27. The second-order valence-electron chi connectivity index (χ2n) is 7.53. The number of anilines is 1. The highest BCUT2D eigenvalue weighted by atomic mass is 32.2. The molecule has 1 aliphatic rings. The maximum atomic E-state index is 13.2. The number of hydrogen-bond acceptors (Lipinski definition) is 5. The van der Waals surface area contributed by atoms with E-state index in [1.165, 1.54) is 30.7 Å². The summed E-state index contributed by atoms with van der Waals surface area (Å²) in [7, 11) is -0.798. The first-order valence-corrected chi connectivity index (χ1v) is 11.3. The molecule has 3 rings (SSSR count). The Morgan fingerprint density at radius 3 is 2.47 bits per heavy atom. The molecule has 0 saturated carbocycles. The van der Waals surface area contributed by atoms with Gasteiger partial charge in [0.2, 0.25) is 15.9 Å². The Labute approximate surface area is 178 Å².